The summed E-state index contributed by atoms with van der Waals surface area (Å²) in [5, 5.41) is 9.16. The van der Waals surface area contributed by atoms with Gasteiger partial charge in [-0.1, -0.05) is 11.6 Å². The molecule has 0 unspecified atom stereocenters. The molecule has 1 heterocycles. The molecular formula is C17H23FN2O5S. The molecule has 1 fully saturated rings. The van der Waals surface area contributed by atoms with Gasteiger partial charge in [0.25, 0.3) is 5.91 Å². The Morgan fingerprint density at radius 3 is 2.46 bits per heavy atom. The highest BCUT2D eigenvalue weighted by molar-refractivity contribution is 7.89. The molecule has 1 amide bonds. The maximum absolute atomic E-state index is 14.1. The smallest absolute Gasteiger partial charge is 0.323 e. The standard InChI is InChI=1S/C17H23FN2O5S/c1-3-26(24,25)19-8-6-13(7-9-19)20(11-16(21)22)17(23)14-10-12(2)4-5-15(14)18/h4-5,10,13H,3,6-9,11H2,1-2H3,(H,21,22). The summed E-state index contributed by atoms with van der Waals surface area (Å²) < 4.78 is 39.3. The number of aliphatic carboxylic acids is 1. The number of piperidine rings is 1. The Bertz CT molecular complexity index is 788. The first-order valence-electron chi connectivity index (χ1n) is 8.42. The molecule has 7 nitrogen and oxygen atoms in total. The largest absolute Gasteiger partial charge is 0.480 e. The van der Waals surface area contributed by atoms with Crippen LogP contribution in [0.1, 0.15) is 35.7 Å². The molecule has 0 atom stereocenters. The van der Waals surface area contributed by atoms with Gasteiger partial charge < -0.3 is 10.0 Å². The van der Waals surface area contributed by atoms with E-state index in [1.54, 1.807) is 13.8 Å². The van der Waals surface area contributed by atoms with Crippen LogP contribution in [0.2, 0.25) is 0 Å². The average Bonchev–Trinajstić information content (AvgIpc) is 2.61. The summed E-state index contributed by atoms with van der Waals surface area (Å²) in [5.74, 6) is -2.60. The minimum atomic E-state index is -3.32. The van der Waals surface area contributed by atoms with E-state index < -0.39 is 40.3 Å². The average molecular weight is 386 g/mol. The molecule has 144 valence electrons. The summed E-state index contributed by atoms with van der Waals surface area (Å²) >= 11 is 0. The molecule has 0 radical (unpaired) electrons. The second-order valence-corrected chi connectivity index (χ2v) is 8.60. The molecule has 0 aromatic heterocycles. The van der Waals surface area contributed by atoms with Crippen LogP contribution in [0.3, 0.4) is 0 Å². The van der Waals surface area contributed by atoms with Crippen LogP contribution in [0.5, 0.6) is 0 Å². The van der Waals surface area contributed by atoms with Crippen molar-refractivity contribution in [1.82, 2.24) is 9.21 Å². The van der Waals surface area contributed by atoms with Crippen LogP contribution in [-0.2, 0) is 14.8 Å². The predicted molar refractivity (Wildman–Crippen MR) is 93.9 cm³/mol. The van der Waals surface area contributed by atoms with Crippen molar-refractivity contribution in [2.45, 2.75) is 32.7 Å². The van der Waals surface area contributed by atoms with Crippen LogP contribution < -0.4 is 0 Å². The van der Waals surface area contributed by atoms with E-state index in [1.165, 1.54) is 22.5 Å². The third kappa shape index (κ3) is 4.59. The van der Waals surface area contributed by atoms with Gasteiger partial charge in [0.15, 0.2) is 0 Å². The van der Waals surface area contributed by atoms with E-state index in [-0.39, 0.29) is 24.4 Å². The highest BCUT2D eigenvalue weighted by Gasteiger charge is 2.33. The van der Waals surface area contributed by atoms with Gasteiger partial charge in [0.1, 0.15) is 12.4 Å². The number of hydrogen-bond donors (Lipinski definition) is 1. The van der Waals surface area contributed by atoms with Crippen LogP contribution >= 0.6 is 0 Å². The molecule has 0 aliphatic carbocycles. The van der Waals surface area contributed by atoms with Crippen molar-refractivity contribution in [3.05, 3.63) is 35.1 Å². The Morgan fingerprint density at radius 1 is 1.31 bits per heavy atom. The summed E-state index contributed by atoms with van der Waals surface area (Å²) in [4.78, 5) is 25.1. The van der Waals surface area contributed by atoms with Crippen molar-refractivity contribution in [1.29, 1.82) is 0 Å². The number of carboxylic acids is 1. The lowest BCUT2D eigenvalue weighted by Gasteiger charge is -2.37. The normalized spacial score (nSPS) is 16.4. The Balaban J connectivity index is 2.22. The van der Waals surface area contributed by atoms with Gasteiger partial charge in [0.05, 0.1) is 11.3 Å². The Kier molecular flexibility index (Phi) is 6.35. The van der Waals surface area contributed by atoms with Gasteiger partial charge in [-0.05, 0) is 38.8 Å². The summed E-state index contributed by atoms with van der Waals surface area (Å²) in [6.45, 7) is 3.13. The number of carboxylic acid groups (broad SMARTS) is 1. The summed E-state index contributed by atoms with van der Waals surface area (Å²) in [7, 11) is -3.32. The van der Waals surface area contributed by atoms with Crippen molar-refractivity contribution in [3.63, 3.8) is 0 Å². The van der Waals surface area contributed by atoms with E-state index >= 15 is 0 Å². The molecule has 1 aromatic carbocycles. The molecular weight excluding hydrogens is 363 g/mol. The number of rotatable bonds is 6. The van der Waals surface area contributed by atoms with Gasteiger partial charge in [0.2, 0.25) is 10.0 Å². The lowest BCUT2D eigenvalue weighted by atomic mass is 10.0. The van der Waals surface area contributed by atoms with Crippen LogP contribution in [0.15, 0.2) is 18.2 Å². The first kappa shape index (κ1) is 20.3. The number of benzene rings is 1. The zero-order chi connectivity index (χ0) is 19.5. The third-order valence-corrected chi connectivity index (χ3v) is 6.42. The van der Waals surface area contributed by atoms with Crippen molar-refractivity contribution in [3.8, 4) is 0 Å². The molecule has 1 N–H and O–H groups in total. The Morgan fingerprint density at radius 2 is 1.92 bits per heavy atom. The number of carbonyl (C=O) groups excluding carboxylic acids is 1. The number of carbonyl (C=O) groups is 2. The van der Waals surface area contributed by atoms with Crippen molar-refractivity contribution in [2.75, 3.05) is 25.4 Å². The maximum atomic E-state index is 14.1. The number of halogens is 1. The van der Waals surface area contributed by atoms with E-state index in [2.05, 4.69) is 0 Å². The van der Waals surface area contributed by atoms with Crippen LogP contribution in [-0.4, -0.2) is 66.0 Å². The van der Waals surface area contributed by atoms with Gasteiger partial charge in [-0.15, -0.1) is 0 Å². The minimum absolute atomic E-state index is 0.00998. The monoisotopic (exact) mass is 386 g/mol. The maximum Gasteiger partial charge on any atom is 0.323 e. The van der Waals surface area contributed by atoms with Crippen LogP contribution in [0.25, 0.3) is 0 Å². The lowest BCUT2D eigenvalue weighted by Crippen LogP contribution is -2.50. The predicted octanol–water partition coefficient (Wildman–Crippen LogP) is 1.48. The van der Waals surface area contributed by atoms with Crippen LogP contribution in [0.4, 0.5) is 4.39 Å². The fourth-order valence-corrected chi connectivity index (χ4v) is 4.22. The van der Waals surface area contributed by atoms with Crippen molar-refractivity contribution < 1.29 is 27.5 Å². The van der Waals surface area contributed by atoms with Gasteiger partial charge in [-0.3, -0.25) is 9.59 Å². The molecule has 1 aliphatic heterocycles. The minimum Gasteiger partial charge on any atom is -0.480 e. The molecule has 0 saturated carbocycles. The van der Waals surface area contributed by atoms with Crippen molar-refractivity contribution in [2.24, 2.45) is 0 Å². The topological polar surface area (TPSA) is 95.0 Å². The van der Waals surface area contributed by atoms with E-state index in [0.717, 1.165) is 4.90 Å². The molecule has 1 saturated heterocycles. The zero-order valence-electron chi connectivity index (χ0n) is 14.8. The molecule has 0 spiro atoms. The van der Waals surface area contributed by atoms with Crippen molar-refractivity contribution >= 4 is 21.9 Å². The molecule has 9 heteroatoms. The van der Waals surface area contributed by atoms with E-state index in [9.17, 15) is 22.4 Å². The van der Waals surface area contributed by atoms with E-state index in [4.69, 9.17) is 5.11 Å². The number of hydrogen-bond acceptors (Lipinski definition) is 4. The van der Waals surface area contributed by atoms with Gasteiger partial charge in [-0.25, -0.2) is 17.1 Å². The molecule has 0 bridgehead atoms. The summed E-state index contributed by atoms with van der Waals surface area (Å²) in [6, 6.07) is 3.64. The van der Waals surface area contributed by atoms with E-state index in [1.807, 2.05) is 0 Å². The Hall–Kier alpha value is -2.00. The Labute approximate surface area is 152 Å². The van der Waals surface area contributed by atoms with Gasteiger partial charge in [0, 0.05) is 19.1 Å². The fraction of sp³-hybridized carbons (Fsp3) is 0.529. The number of sulfonamides is 1. The number of aryl methyl sites for hydroxylation is 1. The number of nitrogens with zero attached hydrogens (tertiary/aromatic N) is 2. The zero-order valence-corrected chi connectivity index (χ0v) is 15.6. The molecule has 1 aliphatic rings. The molecule has 2 rings (SSSR count). The molecule has 1 aromatic rings. The van der Waals surface area contributed by atoms with Crippen LogP contribution in [0, 0.1) is 12.7 Å². The SMILES string of the molecule is CCS(=O)(=O)N1CCC(N(CC(=O)O)C(=O)c2cc(C)ccc2F)CC1. The van der Waals surface area contributed by atoms with Gasteiger partial charge in [-0.2, -0.15) is 0 Å². The highest BCUT2D eigenvalue weighted by Crippen LogP contribution is 2.22. The summed E-state index contributed by atoms with van der Waals surface area (Å²) in [6.07, 6.45) is 0.622. The quantitative estimate of drug-likeness (QED) is 0.799. The highest BCUT2D eigenvalue weighted by atomic mass is 32.2. The summed E-state index contributed by atoms with van der Waals surface area (Å²) in [5.41, 5.74) is 0.517. The van der Waals surface area contributed by atoms with E-state index in [0.29, 0.717) is 18.4 Å². The first-order valence-corrected chi connectivity index (χ1v) is 10.0. The lowest BCUT2D eigenvalue weighted by molar-refractivity contribution is -0.138. The first-order chi connectivity index (χ1) is 12.2. The second kappa shape index (κ2) is 8.13. The number of amides is 1. The van der Waals surface area contributed by atoms with Gasteiger partial charge >= 0.3 is 5.97 Å². The second-order valence-electron chi connectivity index (χ2n) is 6.34. The fourth-order valence-electron chi connectivity index (χ4n) is 3.08. The third-order valence-electron chi connectivity index (χ3n) is 4.54. The molecule has 26 heavy (non-hydrogen) atoms.